The van der Waals surface area contributed by atoms with E-state index in [1.165, 1.54) is 0 Å². The molecule has 0 radical (unpaired) electrons. The Morgan fingerprint density at radius 2 is 0.938 bits per heavy atom. The van der Waals surface area contributed by atoms with Crippen molar-refractivity contribution < 1.29 is 8.85 Å². The first-order valence-corrected chi connectivity index (χ1v) is 13.0. The van der Waals surface area contributed by atoms with Crippen molar-refractivity contribution in [3.05, 3.63) is 11.5 Å². The van der Waals surface area contributed by atoms with Crippen molar-refractivity contribution in [2.75, 3.05) is 0 Å². The second kappa shape index (κ2) is 5.91. The first kappa shape index (κ1) is 15.8. The fraction of sp³-hybridized carbons (Fsp3) is 0.833. The molecule has 0 fully saturated rings. The minimum Gasteiger partial charge on any atom is -0.545 e. The van der Waals surface area contributed by atoms with Crippen molar-refractivity contribution in [2.45, 2.75) is 66.0 Å². The largest absolute Gasteiger partial charge is 0.545 e. The molecule has 0 N–H and O–H groups in total. The van der Waals surface area contributed by atoms with Gasteiger partial charge in [-0.05, 0) is 39.3 Å². The topological polar surface area (TPSA) is 18.5 Å². The van der Waals surface area contributed by atoms with Crippen molar-refractivity contribution in [1.29, 1.82) is 0 Å². The van der Waals surface area contributed by atoms with Gasteiger partial charge in [0.15, 0.2) is 0 Å². The van der Waals surface area contributed by atoms with Gasteiger partial charge in [-0.3, -0.25) is 0 Å². The van der Waals surface area contributed by atoms with Gasteiger partial charge in [0, 0.05) is 12.8 Å². The molecule has 0 heterocycles. The lowest BCUT2D eigenvalue weighted by atomic mass is 10.3. The lowest BCUT2D eigenvalue weighted by molar-refractivity contribution is 0.321. The first-order chi connectivity index (χ1) is 7.09. The summed E-state index contributed by atoms with van der Waals surface area (Å²) in [6, 6.07) is 0. The summed E-state index contributed by atoms with van der Waals surface area (Å²) < 4.78 is 12.2. The molecular formula is C12H28O2Si2. The number of hydrogen-bond acceptors (Lipinski definition) is 2. The van der Waals surface area contributed by atoms with Crippen LogP contribution in [0, 0.1) is 0 Å². The molecule has 0 aliphatic heterocycles. The summed E-state index contributed by atoms with van der Waals surface area (Å²) in [7, 11) is -3.04. The number of rotatable bonds is 6. The quantitative estimate of drug-likeness (QED) is 0.508. The second-order valence-corrected chi connectivity index (χ2v) is 14.8. The Balaban J connectivity index is 4.92. The van der Waals surface area contributed by atoms with Gasteiger partial charge in [-0.25, -0.2) is 0 Å². The highest BCUT2D eigenvalue weighted by molar-refractivity contribution is 6.70. The van der Waals surface area contributed by atoms with Crippen LogP contribution in [-0.4, -0.2) is 16.6 Å². The van der Waals surface area contributed by atoms with Gasteiger partial charge in [0.2, 0.25) is 16.6 Å². The summed E-state index contributed by atoms with van der Waals surface area (Å²) in [5, 5.41) is 0. The van der Waals surface area contributed by atoms with Crippen LogP contribution in [0.5, 0.6) is 0 Å². The van der Waals surface area contributed by atoms with E-state index in [1.807, 2.05) is 0 Å². The van der Waals surface area contributed by atoms with Crippen LogP contribution in [0.2, 0.25) is 39.3 Å². The van der Waals surface area contributed by atoms with Gasteiger partial charge in [0.25, 0.3) is 0 Å². The molecular weight excluding hydrogens is 232 g/mol. The van der Waals surface area contributed by atoms with Crippen molar-refractivity contribution in [3.8, 4) is 0 Å². The summed E-state index contributed by atoms with van der Waals surface area (Å²) >= 11 is 0. The van der Waals surface area contributed by atoms with Crippen molar-refractivity contribution in [1.82, 2.24) is 0 Å². The average Bonchev–Trinajstić information content (AvgIpc) is 2.07. The lowest BCUT2D eigenvalue weighted by Crippen LogP contribution is -2.29. The molecule has 0 atom stereocenters. The van der Waals surface area contributed by atoms with E-state index < -0.39 is 16.6 Å². The van der Waals surface area contributed by atoms with E-state index in [1.54, 1.807) is 0 Å². The van der Waals surface area contributed by atoms with E-state index in [2.05, 4.69) is 53.1 Å². The summed E-state index contributed by atoms with van der Waals surface area (Å²) in [4.78, 5) is 0. The third kappa shape index (κ3) is 7.11. The van der Waals surface area contributed by atoms with E-state index in [4.69, 9.17) is 8.85 Å². The zero-order valence-electron chi connectivity index (χ0n) is 12.2. The van der Waals surface area contributed by atoms with Gasteiger partial charge in [-0.2, -0.15) is 0 Å². The molecule has 0 unspecified atom stereocenters. The molecule has 0 spiro atoms. The molecule has 0 bridgehead atoms. The van der Waals surface area contributed by atoms with Gasteiger partial charge < -0.3 is 8.85 Å². The fourth-order valence-corrected chi connectivity index (χ4v) is 3.39. The zero-order chi connectivity index (χ0) is 13.0. The molecule has 0 rings (SSSR count). The van der Waals surface area contributed by atoms with Gasteiger partial charge in [0.05, 0.1) is 0 Å². The van der Waals surface area contributed by atoms with Crippen LogP contribution in [0.3, 0.4) is 0 Å². The van der Waals surface area contributed by atoms with Crippen LogP contribution < -0.4 is 0 Å². The third-order valence-electron chi connectivity index (χ3n) is 1.81. The van der Waals surface area contributed by atoms with Crippen LogP contribution in [0.15, 0.2) is 11.5 Å². The fourth-order valence-electron chi connectivity index (χ4n) is 1.39. The summed E-state index contributed by atoms with van der Waals surface area (Å²) in [6.45, 7) is 17.6. The summed E-state index contributed by atoms with van der Waals surface area (Å²) in [6.07, 6.45) is 1.86. The highest BCUT2D eigenvalue weighted by atomic mass is 28.4. The standard InChI is InChI=1S/C12H28O2Si2/c1-9-11(13-15(3,4)5)12(10-2)14-16(6,7)8/h9-10H2,1-8H3/b12-11-. The zero-order valence-corrected chi connectivity index (χ0v) is 14.2. The molecule has 0 saturated carbocycles. The Morgan fingerprint density at radius 3 is 1.06 bits per heavy atom. The molecule has 0 aliphatic carbocycles. The monoisotopic (exact) mass is 260 g/mol. The highest BCUT2D eigenvalue weighted by Gasteiger charge is 2.23. The van der Waals surface area contributed by atoms with E-state index in [0.717, 1.165) is 24.4 Å². The van der Waals surface area contributed by atoms with Crippen molar-refractivity contribution in [2.24, 2.45) is 0 Å². The summed E-state index contributed by atoms with van der Waals surface area (Å²) in [5.74, 6) is 2.15. The predicted molar refractivity (Wildman–Crippen MR) is 76.5 cm³/mol. The second-order valence-electron chi connectivity index (χ2n) is 5.98. The van der Waals surface area contributed by atoms with Crippen LogP contribution in [0.4, 0.5) is 0 Å². The first-order valence-electron chi connectivity index (χ1n) is 6.19. The maximum absolute atomic E-state index is 6.10. The van der Waals surface area contributed by atoms with Crippen LogP contribution in [-0.2, 0) is 8.85 Å². The van der Waals surface area contributed by atoms with Gasteiger partial charge >= 0.3 is 0 Å². The molecule has 0 aromatic heterocycles. The maximum atomic E-state index is 6.10. The third-order valence-corrected chi connectivity index (χ3v) is 3.53. The van der Waals surface area contributed by atoms with Gasteiger partial charge in [-0.15, -0.1) is 0 Å². The number of hydrogen-bond donors (Lipinski definition) is 0. The van der Waals surface area contributed by atoms with E-state index in [9.17, 15) is 0 Å². The smallest absolute Gasteiger partial charge is 0.241 e. The van der Waals surface area contributed by atoms with Crippen LogP contribution >= 0.6 is 0 Å². The molecule has 0 aliphatic rings. The SMILES string of the molecule is CC/C(O[Si](C)(C)C)=C(\CC)O[Si](C)(C)C. The number of allylic oxidation sites excluding steroid dienone is 2. The van der Waals surface area contributed by atoms with Gasteiger partial charge in [-0.1, -0.05) is 13.8 Å². The molecule has 0 aromatic rings. The van der Waals surface area contributed by atoms with Gasteiger partial charge in [0.1, 0.15) is 11.5 Å². The van der Waals surface area contributed by atoms with Crippen molar-refractivity contribution >= 4 is 16.6 Å². The Kier molecular flexibility index (Phi) is 5.83. The predicted octanol–water partition coefficient (Wildman–Crippen LogP) is 4.72. The van der Waals surface area contributed by atoms with Crippen LogP contribution in [0.1, 0.15) is 26.7 Å². The maximum Gasteiger partial charge on any atom is 0.241 e. The molecule has 0 saturated heterocycles. The minimum absolute atomic E-state index is 0.928. The molecule has 0 aromatic carbocycles. The Labute approximate surface area is 103 Å². The van der Waals surface area contributed by atoms with Crippen molar-refractivity contribution in [3.63, 3.8) is 0 Å². The minimum atomic E-state index is -1.52. The molecule has 2 nitrogen and oxygen atoms in total. The highest BCUT2D eigenvalue weighted by Crippen LogP contribution is 2.23. The lowest BCUT2D eigenvalue weighted by Gasteiger charge is -2.27. The Morgan fingerprint density at radius 1 is 0.688 bits per heavy atom. The molecule has 0 amide bonds. The average molecular weight is 261 g/mol. The Bertz CT molecular complexity index is 221. The molecule has 96 valence electrons. The Hall–Kier alpha value is -0.226. The summed E-state index contributed by atoms with van der Waals surface area (Å²) in [5.41, 5.74) is 0. The van der Waals surface area contributed by atoms with E-state index >= 15 is 0 Å². The van der Waals surface area contributed by atoms with E-state index in [0.29, 0.717) is 0 Å². The molecule has 16 heavy (non-hydrogen) atoms. The normalized spacial score (nSPS) is 14.5. The van der Waals surface area contributed by atoms with Crippen LogP contribution in [0.25, 0.3) is 0 Å². The molecule has 4 heteroatoms. The van der Waals surface area contributed by atoms with E-state index in [-0.39, 0.29) is 0 Å².